The second kappa shape index (κ2) is 6.77. The molecule has 1 heterocycles. The average molecular weight is 292 g/mol. The topological polar surface area (TPSA) is 56.5 Å². The van der Waals surface area contributed by atoms with Gasteiger partial charge in [-0.15, -0.1) is 0 Å². The molecule has 4 nitrogen and oxygen atoms in total. The molecule has 118 valence electrons. The molecule has 5 atom stereocenters. The van der Waals surface area contributed by atoms with Gasteiger partial charge in [-0.1, -0.05) is 24.6 Å². The van der Waals surface area contributed by atoms with Crippen LogP contribution in [0.15, 0.2) is 18.2 Å². The van der Waals surface area contributed by atoms with Crippen molar-refractivity contribution in [3.63, 3.8) is 0 Å². The molecule has 0 saturated carbocycles. The lowest BCUT2D eigenvalue weighted by Gasteiger charge is -2.29. The van der Waals surface area contributed by atoms with Crippen molar-refractivity contribution >= 4 is 0 Å². The molecule has 0 spiro atoms. The summed E-state index contributed by atoms with van der Waals surface area (Å²) in [4.78, 5) is 0. The zero-order valence-corrected chi connectivity index (χ0v) is 13.7. The molecule has 1 aliphatic heterocycles. The Bertz CT molecular complexity index is 478. The third-order valence-electron chi connectivity index (χ3n) is 4.87. The Morgan fingerprint density at radius 2 is 2.00 bits per heavy atom. The first-order valence-electron chi connectivity index (χ1n) is 7.73. The predicted octanol–water partition coefficient (Wildman–Crippen LogP) is 2.44. The number of benzene rings is 1. The monoisotopic (exact) mass is 292 g/mol. The molecular formula is C17H28N2O2. The van der Waals surface area contributed by atoms with Crippen LogP contribution < -0.4 is 16.0 Å². The Hall–Kier alpha value is -1.10. The number of nitrogens with two attached hydrogens (primary N) is 1. The highest BCUT2D eigenvalue weighted by Crippen LogP contribution is 2.36. The smallest absolute Gasteiger partial charge is 0.122 e. The van der Waals surface area contributed by atoms with Crippen LogP contribution in [0.4, 0.5) is 0 Å². The van der Waals surface area contributed by atoms with Crippen LogP contribution in [0, 0.1) is 18.8 Å². The van der Waals surface area contributed by atoms with Crippen LogP contribution in [0.5, 0.6) is 5.75 Å². The maximum atomic E-state index is 5.96. The maximum absolute atomic E-state index is 5.96. The summed E-state index contributed by atoms with van der Waals surface area (Å²) in [5, 5.41) is 0. The van der Waals surface area contributed by atoms with Gasteiger partial charge in [0.15, 0.2) is 0 Å². The fourth-order valence-electron chi connectivity index (χ4n) is 3.60. The van der Waals surface area contributed by atoms with Crippen molar-refractivity contribution in [2.75, 3.05) is 7.11 Å². The molecule has 3 N–H and O–H groups in total. The fourth-order valence-corrected chi connectivity index (χ4v) is 3.60. The summed E-state index contributed by atoms with van der Waals surface area (Å²) in [6.45, 7) is 8.63. The van der Waals surface area contributed by atoms with E-state index in [0.717, 1.165) is 12.2 Å². The van der Waals surface area contributed by atoms with E-state index < -0.39 is 0 Å². The highest BCUT2D eigenvalue weighted by atomic mass is 16.5. The van der Waals surface area contributed by atoms with Crippen LogP contribution >= 0.6 is 0 Å². The minimum absolute atomic E-state index is 0.177. The van der Waals surface area contributed by atoms with Crippen molar-refractivity contribution in [3.8, 4) is 5.75 Å². The van der Waals surface area contributed by atoms with Crippen LogP contribution in [-0.2, 0) is 11.2 Å². The molecule has 4 heteroatoms. The summed E-state index contributed by atoms with van der Waals surface area (Å²) >= 11 is 0. The van der Waals surface area contributed by atoms with Gasteiger partial charge in [-0.3, -0.25) is 11.3 Å². The SMILES string of the molecule is COc1ccc(C)cc1CC(NN)C1C(C)OC(C)C1C. The molecule has 0 aromatic heterocycles. The zero-order valence-electron chi connectivity index (χ0n) is 13.7. The first kappa shape index (κ1) is 16.3. The molecule has 21 heavy (non-hydrogen) atoms. The fraction of sp³-hybridized carbons (Fsp3) is 0.647. The Balaban J connectivity index is 2.21. The lowest BCUT2D eigenvalue weighted by atomic mass is 9.81. The van der Waals surface area contributed by atoms with Gasteiger partial charge in [-0.2, -0.15) is 0 Å². The number of methoxy groups -OCH3 is 1. The van der Waals surface area contributed by atoms with Gasteiger partial charge in [0.2, 0.25) is 0 Å². The van der Waals surface area contributed by atoms with Gasteiger partial charge in [-0.05, 0) is 44.7 Å². The number of rotatable bonds is 5. The number of hydrogen-bond acceptors (Lipinski definition) is 4. The van der Waals surface area contributed by atoms with E-state index in [4.69, 9.17) is 15.3 Å². The highest BCUT2D eigenvalue weighted by molar-refractivity contribution is 5.37. The van der Waals surface area contributed by atoms with E-state index in [1.807, 2.05) is 6.07 Å². The number of aryl methyl sites for hydroxylation is 1. The quantitative estimate of drug-likeness (QED) is 0.646. The lowest BCUT2D eigenvalue weighted by molar-refractivity contribution is 0.0475. The van der Waals surface area contributed by atoms with Crippen molar-refractivity contribution in [2.24, 2.45) is 17.7 Å². The number of ether oxygens (including phenoxy) is 2. The van der Waals surface area contributed by atoms with Gasteiger partial charge in [0, 0.05) is 12.0 Å². The largest absolute Gasteiger partial charge is 0.496 e. The zero-order chi connectivity index (χ0) is 15.6. The first-order valence-corrected chi connectivity index (χ1v) is 7.73. The van der Waals surface area contributed by atoms with E-state index in [-0.39, 0.29) is 18.2 Å². The summed E-state index contributed by atoms with van der Waals surface area (Å²) < 4.78 is 11.4. The summed E-state index contributed by atoms with van der Waals surface area (Å²) in [5.41, 5.74) is 5.44. The maximum Gasteiger partial charge on any atom is 0.122 e. The van der Waals surface area contributed by atoms with E-state index in [9.17, 15) is 0 Å². The predicted molar refractivity (Wildman–Crippen MR) is 85.2 cm³/mol. The van der Waals surface area contributed by atoms with Crippen molar-refractivity contribution < 1.29 is 9.47 Å². The second-order valence-electron chi connectivity index (χ2n) is 6.28. The van der Waals surface area contributed by atoms with Crippen LogP contribution in [0.2, 0.25) is 0 Å². The lowest BCUT2D eigenvalue weighted by Crippen LogP contribution is -2.46. The van der Waals surface area contributed by atoms with Crippen molar-refractivity contribution in [2.45, 2.75) is 52.4 Å². The van der Waals surface area contributed by atoms with Gasteiger partial charge in [0.25, 0.3) is 0 Å². The Morgan fingerprint density at radius 3 is 2.52 bits per heavy atom. The van der Waals surface area contributed by atoms with Gasteiger partial charge in [0.1, 0.15) is 5.75 Å². The van der Waals surface area contributed by atoms with Crippen LogP contribution in [0.1, 0.15) is 31.9 Å². The van der Waals surface area contributed by atoms with E-state index in [0.29, 0.717) is 11.8 Å². The molecule has 0 bridgehead atoms. The Labute approximate surface area is 128 Å². The van der Waals surface area contributed by atoms with Gasteiger partial charge in [0.05, 0.1) is 19.3 Å². The Morgan fingerprint density at radius 1 is 1.29 bits per heavy atom. The molecule has 1 fully saturated rings. The van der Waals surface area contributed by atoms with E-state index in [1.54, 1.807) is 7.11 Å². The van der Waals surface area contributed by atoms with E-state index in [1.165, 1.54) is 11.1 Å². The molecule has 0 aliphatic carbocycles. The van der Waals surface area contributed by atoms with Gasteiger partial charge in [-0.25, -0.2) is 0 Å². The average Bonchev–Trinajstić information content (AvgIpc) is 2.70. The molecular weight excluding hydrogens is 264 g/mol. The van der Waals surface area contributed by atoms with Crippen LogP contribution in [0.25, 0.3) is 0 Å². The van der Waals surface area contributed by atoms with Crippen molar-refractivity contribution in [1.82, 2.24) is 5.43 Å². The molecule has 2 rings (SSSR count). The minimum atomic E-state index is 0.177. The normalized spacial score (nSPS) is 30.4. The molecule has 1 saturated heterocycles. The minimum Gasteiger partial charge on any atom is -0.496 e. The second-order valence-corrected chi connectivity index (χ2v) is 6.28. The third-order valence-corrected chi connectivity index (χ3v) is 4.87. The molecule has 1 aromatic carbocycles. The van der Waals surface area contributed by atoms with E-state index >= 15 is 0 Å². The summed E-state index contributed by atoms with van der Waals surface area (Å²) in [5.74, 6) is 7.66. The number of nitrogens with one attached hydrogen (secondary N) is 1. The molecule has 5 unspecified atom stereocenters. The van der Waals surface area contributed by atoms with Gasteiger partial charge < -0.3 is 9.47 Å². The van der Waals surface area contributed by atoms with Crippen molar-refractivity contribution in [1.29, 1.82) is 0 Å². The molecule has 0 amide bonds. The summed E-state index contributed by atoms with van der Waals surface area (Å²) in [7, 11) is 1.71. The number of hydrogen-bond donors (Lipinski definition) is 2. The van der Waals surface area contributed by atoms with E-state index in [2.05, 4.69) is 45.3 Å². The third kappa shape index (κ3) is 3.39. The number of hydrazine groups is 1. The van der Waals surface area contributed by atoms with Crippen LogP contribution in [0.3, 0.4) is 0 Å². The summed E-state index contributed by atoms with van der Waals surface area (Å²) in [6.07, 6.45) is 1.34. The highest BCUT2D eigenvalue weighted by Gasteiger charge is 2.41. The Kier molecular flexibility index (Phi) is 5.25. The first-order chi connectivity index (χ1) is 9.97. The molecule has 1 aliphatic rings. The van der Waals surface area contributed by atoms with Crippen LogP contribution in [-0.4, -0.2) is 25.4 Å². The molecule has 1 aromatic rings. The standard InChI is InChI=1S/C17H28N2O2/c1-10-6-7-16(20-5)14(8-10)9-15(19-18)17-11(2)12(3)21-13(17)4/h6-8,11-13,15,17,19H,9,18H2,1-5H3. The van der Waals surface area contributed by atoms with Gasteiger partial charge >= 0.3 is 0 Å². The molecule has 0 radical (unpaired) electrons. The van der Waals surface area contributed by atoms with Crippen molar-refractivity contribution in [3.05, 3.63) is 29.3 Å². The summed E-state index contributed by atoms with van der Waals surface area (Å²) in [6, 6.07) is 6.45.